The van der Waals surface area contributed by atoms with Gasteiger partial charge in [-0.05, 0) is 31.8 Å². The first-order valence-electron chi connectivity index (χ1n) is 7.00. The highest BCUT2D eigenvalue weighted by Crippen LogP contribution is 2.09. The molecule has 0 aromatic rings. The minimum absolute atomic E-state index is 0.129. The molecule has 1 fully saturated rings. The Kier molecular flexibility index (Phi) is 7.89. The Bertz CT molecular complexity index is 305. The summed E-state index contributed by atoms with van der Waals surface area (Å²) in [5.41, 5.74) is 0. The first-order chi connectivity index (χ1) is 9.24. The highest BCUT2D eigenvalue weighted by atomic mass is 16.5. The molecule has 5 heteroatoms. The molecule has 1 heterocycles. The zero-order valence-electron chi connectivity index (χ0n) is 11.5. The Morgan fingerprint density at radius 3 is 2.84 bits per heavy atom. The summed E-state index contributed by atoms with van der Waals surface area (Å²) < 4.78 is 5.49. The summed E-state index contributed by atoms with van der Waals surface area (Å²) in [6.45, 7) is 7.17. The second-order valence-electron chi connectivity index (χ2n) is 4.65. The first kappa shape index (κ1) is 15.7. The molecule has 0 aromatic carbocycles. The molecule has 0 aromatic heterocycles. The van der Waals surface area contributed by atoms with Crippen molar-refractivity contribution in [3.05, 3.63) is 12.7 Å². The third kappa shape index (κ3) is 6.96. The molecule has 1 aliphatic heterocycles. The Balaban J connectivity index is 1.82. The maximum atomic E-state index is 11.3. The topological polar surface area (TPSA) is 58.6 Å². The Labute approximate surface area is 115 Å². The van der Waals surface area contributed by atoms with Crippen molar-refractivity contribution < 1.29 is 14.3 Å². The van der Waals surface area contributed by atoms with E-state index >= 15 is 0 Å². The third-order valence-electron chi connectivity index (χ3n) is 3.09. The van der Waals surface area contributed by atoms with Crippen LogP contribution in [-0.2, 0) is 14.3 Å². The van der Waals surface area contributed by atoms with Gasteiger partial charge in [0.25, 0.3) is 0 Å². The molecule has 1 aliphatic rings. The largest absolute Gasteiger partial charge is 0.381 e. The lowest BCUT2D eigenvalue weighted by Gasteiger charge is -2.14. The number of hydrogen-bond donors (Lipinski definition) is 1. The van der Waals surface area contributed by atoms with E-state index in [1.165, 1.54) is 6.08 Å². The summed E-state index contributed by atoms with van der Waals surface area (Å²) in [4.78, 5) is 24.1. The average molecular weight is 268 g/mol. The van der Waals surface area contributed by atoms with Crippen LogP contribution < -0.4 is 5.32 Å². The first-order valence-corrected chi connectivity index (χ1v) is 7.00. The molecule has 0 bridgehead atoms. The van der Waals surface area contributed by atoms with Crippen LogP contribution in [0.3, 0.4) is 0 Å². The zero-order valence-corrected chi connectivity index (χ0v) is 11.5. The van der Waals surface area contributed by atoms with Gasteiger partial charge in [-0.2, -0.15) is 0 Å². The molecule has 1 saturated heterocycles. The van der Waals surface area contributed by atoms with Gasteiger partial charge in [-0.3, -0.25) is 9.59 Å². The number of likely N-dealkylation sites (tertiary alicyclic amines) is 1. The number of nitrogens with one attached hydrogen (secondary N) is 1. The van der Waals surface area contributed by atoms with Gasteiger partial charge in [0, 0.05) is 39.3 Å². The van der Waals surface area contributed by atoms with Gasteiger partial charge >= 0.3 is 0 Å². The lowest BCUT2D eigenvalue weighted by atomic mass is 10.3. The average Bonchev–Trinajstić information content (AvgIpc) is 2.82. The lowest BCUT2D eigenvalue weighted by Crippen LogP contribution is -2.26. The monoisotopic (exact) mass is 268 g/mol. The fourth-order valence-electron chi connectivity index (χ4n) is 2.01. The van der Waals surface area contributed by atoms with E-state index < -0.39 is 0 Å². The number of ether oxygens (including phenoxy) is 1. The number of unbranched alkanes of at least 4 members (excludes halogenated alkanes) is 1. The number of amides is 2. The van der Waals surface area contributed by atoms with Crippen molar-refractivity contribution in [3.63, 3.8) is 0 Å². The predicted molar refractivity (Wildman–Crippen MR) is 73.7 cm³/mol. The van der Waals surface area contributed by atoms with Crippen molar-refractivity contribution in [3.8, 4) is 0 Å². The molecule has 0 spiro atoms. The highest BCUT2D eigenvalue weighted by Gasteiger charge is 2.18. The summed E-state index contributed by atoms with van der Waals surface area (Å²) in [5.74, 6) is 0.147. The molecule has 0 radical (unpaired) electrons. The minimum Gasteiger partial charge on any atom is -0.381 e. The molecule has 1 N–H and O–H groups in total. The van der Waals surface area contributed by atoms with E-state index in [4.69, 9.17) is 4.74 Å². The molecular formula is C14H24N2O3. The van der Waals surface area contributed by atoms with Gasteiger partial charge < -0.3 is 15.0 Å². The molecule has 0 aliphatic carbocycles. The van der Waals surface area contributed by atoms with Crippen molar-refractivity contribution in [1.82, 2.24) is 10.2 Å². The van der Waals surface area contributed by atoms with E-state index in [1.54, 1.807) is 0 Å². The summed E-state index contributed by atoms with van der Waals surface area (Å²) in [5, 5.41) is 2.72. The number of hydrogen-bond acceptors (Lipinski definition) is 3. The quantitative estimate of drug-likeness (QED) is 0.477. The SMILES string of the molecule is C=CC(=O)NCCCCOCCCN1CCCC1=O. The minimum atomic E-state index is -0.129. The van der Waals surface area contributed by atoms with Crippen LogP contribution in [0, 0.1) is 0 Å². The molecule has 0 saturated carbocycles. The van der Waals surface area contributed by atoms with Gasteiger partial charge in [-0.1, -0.05) is 6.58 Å². The molecule has 0 unspecified atom stereocenters. The maximum Gasteiger partial charge on any atom is 0.243 e. The third-order valence-corrected chi connectivity index (χ3v) is 3.09. The van der Waals surface area contributed by atoms with Gasteiger partial charge in [0.2, 0.25) is 11.8 Å². The molecule has 1 rings (SSSR count). The van der Waals surface area contributed by atoms with Crippen molar-refractivity contribution in [2.45, 2.75) is 32.1 Å². The van der Waals surface area contributed by atoms with E-state index in [0.29, 0.717) is 26.2 Å². The van der Waals surface area contributed by atoms with Crippen LogP contribution in [0.2, 0.25) is 0 Å². The van der Waals surface area contributed by atoms with E-state index in [1.807, 2.05) is 4.90 Å². The summed E-state index contributed by atoms with van der Waals surface area (Å²) in [6.07, 6.45) is 5.72. The van der Waals surface area contributed by atoms with E-state index in [9.17, 15) is 9.59 Å². The summed E-state index contributed by atoms with van der Waals surface area (Å²) in [7, 11) is 0. The van der Waals surface area contributed by atoms with Gasteiger partial charge in [0.05, 0.1) is 0 Å². The maximum absolute atomic E-state index is 11.3. The van der Waals surface area contributed by atoms with E-state index in [2.05, 4.69) is 11.9 Å². The number of carbonyl (C=O) groups is 2. The van der Waals surface area contributed by atoms with Gasteiger partial charge in [0.15, 0.2) is 0 Å². The molecule has 5 nitrogen and oxygen atoms in total. The predicted octanol–water partition coefficient (Wildman–Crippen LogP) is 1.10. The van der Waals surface area contributed by atoms with E-state index in [-0.39, 0.29) is 11.8 Å². The molecular weight excluding hydrogens is 244 g/mol. The highest BCUT2D eigenvalue weighted by molar-refractivity contribution is 5.86. The zero-order chi connectivity index (χ0) is 13.9. The van der Waals surface area contributed by atoms with Crippen molar-refractivity contribution >= 4 is 11.8 Å². The van der Waals surface area contributed by atoms with Crippen LogP contribution in [-0.4, -0.2) is 49.6 Å². The number of rotatable bonds is 10. The van der Waals surface area contributed by atoms with Gasteiger partial charge in [-0.25, -0.2) is 0 Å². The van der Waals surface area contributed by atoms with Crippen LogP contribution in [0.1, 0.15) is 32.1 Å². The second kappa shape index (κ2) is 9.55. The van der Waals surface area contributed by atoms with Crippen molar-refractivity contribution in [2.75, 3.05) is 32.8 Å². The van der Waals surface area contributed by atoms with Gasteiger partial charge in [-0.15, -0.1) is 0 Å². The Morgan fingerprint density at radius 1 is 1.37 bits per heavy atom. The van der Waals surface area contributed by atoms with E-state index in [0.717, 1.165) is 38.8 Å². The van der Waals surface area contributed by atoms with Crippen LogP contribution in [0.25, 0.3) is 0 Å². The summed E-state index contributed by atoms with van der Waals surface area (Å²) in [6, 6.07) is 0. The fourth-order valence-corrected chi connectivity index (χ4v) is 2.01. The number of nitrogens with zero attached hydrogens (tertiary/aromatic N) is 1. The molecule has 0 atom stereocenters. The normalized spacial score (nSPS) is 14.7. The summed E-state index contributed by atoms with van der Waals surface area (Å²) >= 11 is 0. The van der Waals surface area contributed by atoms with Crippen LogP contribution in [0.4, 0.5) is 0 Å². The fraction of sp³-hybridized carbons (Fsp3) is 0.714. The molecule has 2 amide bonds. The standard InChI is InChI=1S/C14H24N2O3/c1-2-13(17)15-8-3-4-11-19-12-6-10-16-9-5-7-14(16)18/h2H,1,3-12H2,(H,15,17). The van der Waals surface area contributed by atoms with Crippen LogP contribution >= 0.6 is 0 Å². The molecule has 108 valence electrons. The van der Waals surface area contributed by atoms with Crippen molar-refractivity contribution in [1.29, 1.82) is 0 Å². The van der Waals surface area contributed by atoms with Crippen molar-refractivity contribution in [2.24, 2.45) is 0 Å². The Hall–Kier alpha value is -1.36. The van der Waals surface area contributed by atoms with Crippen LogP contribution in [0.5, 0.6) is 0 Å². The number of carbonyl (C=O) groups excluding carboxylic acids is 2. The van der Waals surface area contributed by atoms with Crippen LogP contribution in [0.15, 0.2) is 12.7 Å². The van der Waals surface area contributed by atoms with Gasteiger partial charge in [0.1, 0.15) is 0 Å². The molecule has 19 heavy (non-hydrogen) atoms. The smallest absolute Gasteiger partial charge is 0.243 e. The lowest BCUT2D eigenvalue weighted by molar-refractivity contribution is -0.127. The second-order valence-corrected chi connectivity index (χ2v) is 4.65. The Morgan fingerprint density at radius 2 is 2.16 bits per heavy atom.